The minimum atomic E-state index is -0.405. The van der Waals surface area contributed by atoms with Gasteiger partial charge in [0.05, 0.1) is 5.69 Å². The Labute approximate surface area is 87.1 Å². The lowest BCUT2D eigenvalue weighted by molar-refractivity contribution is 1.01. The predicted octanol–water partition coefficient (Wildman–Crippen LogP) is 0.937. The summed E-state index contributed by atoms with van der Waals surface area (Å²) in [6.45, 7) is 0.675. The molecule has 0 spiro atoms. The van der Waals surface area contributed by atoms with Crippen LogP contribution in [0, 0.1) is 0 Å². The van der Waals surface area contributed by atoms with E-state index in [0.29, 0.717) is 12.2 Å². The first kappa shape index (κ1) is 9.65. The topological polar surface area (TPSA) is 46.2 Å². The molecule has 0 aromatic heterocycles. The lowest BCUT2D eigenvalue weighted by Crippen LogP contribution is -2.32. The molecule has 0 fully saturated rings. The van der Waals surface area contributed by atoms with Gasteiger partial charge in [-0.05, 0) is 12.0 Å². The molecule has 0 atom stereocenters. The number of rotatable bonds is 4. The van der Waals surface area contributed by atoms with Gasteiger partial charge in [0, 0.05) is 12.6 Å². The van der Waals surface area contributed by atoms with Crippen LogP contribution in [0.4, 0.5) is 5.69 Å². The van der Waals surface area contributed by atoms with Crippen LogP contribution in [0.1, 0.15) is 5.56 Å². The van der Waals surface area contributed by atoms with E-state index < -0.39 is 10.9 Å². The van der Waals surface area contributed by atoms with Crippen LogP contribution in [0.5, 0.6) is 0 Å². The molecule has 0 heterocycles. The zero-order valence-electron chi connectivity index (χ0n) is 8.19. The van der Waals surface area contributed by atoms with Gasteiger partial charge in [-0.2, -0.15) is 0 Å². The molecular formula is C12H11NO2. The first-order chi connectivity index (χ1) is 7.27. The van der Waals surface area contributed by atoms with Gasteiger partial charge in [-0.1, -0.05) is 30.3 Å². The van der Waals surface area contributed by atoms with Gasteiger partial charge in [0.25, 0.3) is 0 Å². The van der Waals surface area contributed by atoms with Crippen molar-refractivity contribution in [3.05, 3.63) is 62.4 Å². The number of hydrogen-bond acceptors (Lipinski definition) is 3. The lowest BCUT2D eigenvalue weighted by atomic mass is 10.1. The van der Waals surface area contributed by atoms with E-state index >= 15 is 0 Å². The van der Waals surface area contributed by atoms with E-state index in [2.05, 4.69) is 5.32 Å². The first-order valence-corrected chi connectivity index (χ1v) is 4.85. The maximum absolute atomic E-state index is 10.9. The number of nitrogens with one attached hydrogen (secondary N) is 1. The highest BCUT2D eigenvalue weighted by molar-refractivity contribution is 5.47. The summed E-state index contributed by atoms with van der Waals surface area (Å²) in [5.41, 5.74) is 0.847. The molecule has 0 unspecified atom stereocenters. The van der Waals surface area contributed by atoms with Crippen molar-refractivity contribution < 1.29 is 0 Å². The smallest absolute Gasteiger partial charge is 0.248 e. The van der Waals surface area contributed by atoms with Crippen LogP contribution in [0.25, 0.3) is 0 Å². The van der Waals surface area contributed by atoms with E-state index in [-0.39, 0.29) is 0 Å². The molecule has 0 aliphatic heterocycles. The van der Waals surface area contributed by atoms with Crippen molar-refractivity contribution in [2.75, 3.05) is 11.9 Å². The quantitative estimate of drug-likeness (QED) is 0.749. The molecule has 3 heteroatoms. The molecule has 0 amide bonds. The van der Waals surface area contributed by atoms with E-state index in [1.807, 2.05) is 30.3 Å². The highest BCUT2D eigenvalue weighted by atomic mass is 16.2. The van der Waals surface area contributed by atoms with Crippen LogP contribution in [-0.2, 0) is 6.42 Å². The molecule has 1 N–H and O–H groups in total. The van der Waals surface area contributed by atoms with Crippen molar-refractivity contribution >= 4 is 5.69 Å². The van der Waals surface area contributed by atoms with Crippen LogP contribution < -0.4 is 16.2 Å². The molecule has 0 bridgehead atoms. The normalized spacial score (nSPS) is 10.4. The first-order valence-electron chi connectivity index (χ1n) is 4.85. The van der Waals surface area contributed by atoms with Crippen molar-refractivity contribution in [2.45, 2.75) is 6.42 Å². The van der Waals surface area contributed by atoms with Gasteiger partial charge < -0.3 is 5.32 Å². The molecule has 76 valence electrons. The summed E-state index contributed by atoms with van der Waals surface area (Å²) in [5.74, 6) is 0. The third-order valence-electron chi connectivity index (χ3n) is 2.32. The molecule has 3 nitrogen and oxygen atoms in total. The van der Waals surface area contributed by atoms with Gasteiger partial charge in [-0.25, -0.2) is 0 Å². The van der Waals surface area contributed by atoms with Crippen LogP contribution in [-0.4, -0.2) is 6.54 Å². The van der Waals surface area contributed by atoms with Crippen molar-refractivity contribution in [2.24, 2.45) is 0 Å². The molecule has 0 aliphatic rings. The van der Waals surface area contributed by atoms with E-state index in [0.717, 1.165) is 6.42 Å². The second-order valence-corrected chi connectivity index (χ2v) is 3.41. The Morgan fingerprint density at radius 2 is 1.80 bits per heavy atom. The van der Waals surface area contributed by atoms with Gasteiger partial charge in [-0.3, -0.25) is 9.59 Å². The van der Waals surface area contributed by atoms with Crippen LogP contribution in [0.15, 0.2) is 46.0 Å². The van der Waals surface area contributed by atoms with Gasteiger partial charge in [0.1, 0.15) is 0 Å². The van der Waals surface area contributed by atoms with Crippen molar-refractivity contribution in [3.63, 3.8) is 0 Å². The summed E-state index contributed by atoms with van der Waals surface area (Å²) in [7, 11) is 0. The molecule has 0 aliphatic carbocycles. The second-order valence-electron chi connectivity index (χ2n) is 3.41. The summed E-state index contributed by atoms with van der Waals surface area (Å²) in [5, 5.41) is 2.94. The van der Waals surface area contributed by atoms with E-state index in [1.165, 1.54) is 11.6 Å². The van der Waals surface area contributed by atoms with Crippen LogP contribution in [0.3, 0.4) is 0 Å². The lowest BCUT2D eigenvalue weighted by Gasteiger charge is -2.06. The van der Waals surface area contributed by atoms with E-state index in [1.54, 1.807) is 0 Å². The average Bonchev–Trinajstić information content (AvgIpc) is 2.29. The fraction of sp³-hybridized carbons (Fsp3) is 0.167. The Morgan fingerprint density at radius 3 is 2.40 bits per heavy atom. The Balaban J connectivity index is 1.84. The largest absolute Gasteiger partial charge is 0.381 e. The number of hydrogen-bond donors (Lipinski definition) is 1. The molecule has 2 rings (SSSR count). The average molecular weight is 201 g/mol. The molecule has 2 aromatic carbocycles. The minimum Gasteiger partial charge on any atom is -0.381 e. The molecule has 15 heavy (non-hydrogen) atoms. The summed E-state index contributed by atoms with van der Waals surface area (Å²) in [6, 6.07) is 11.3. The summed E-state index contributed by atoms with van der Waals surface area (Å²) >= 11 is 0. The van der Waals surface area contributed by atoms with Crippen molar-refractivity contribution in [1.29, 1.82) is 0 Å². The third kappa shape index (κ3) is 2.13. The Morgan fingerprint density at radius 1 is 1.07 bits per heavy atom. The standard InChI is InChI=1S/C12H11NO2/c14-11-8-10(12(11)15)13-7-6-9-4-2-1-3-5-9/h1-5,8,13H,6-7H2. The highest BCUT2D eigenvalue weighted by Crippen LogP contribution is 2.01. The number of benzene rings is 1. The fourth-order valence-corrected chi connectivity index (χ4v) is 1.43. The summed E-state index contributed by atoms with van der Waals surface area (Å²) < 4.78 is 0. The Kier molecular flexibility index (Phi) is 2.63. The van der Waals surface area contributed by atoms with Crippen molar-refractivity contribution in [1.82, 2.24) is 0 Å². The third-order valence-corrected chi connectivity index (χ3v) is 2.32. The summed E-state index contributed by atoms with van der Waals surface area (Å²) in [4.78, 5) is 21.5. The van der Waals surface area contributed by atoms with Crippen LogP contribution >= 0.6 is 0 Å². The maximum atomic E-state index is 10.9. The SMILES string of the molecule is O=c1cc(NCCc2ccccc2)c1=O. The molecular weight excluding hydrogens is 190 g/mol. The van der Waals surface area contributed by atoms with Gasteiger partial charge in [0.2, 0.25) is 10.9 Å². The second kappa shape index (κ2) is 4.09. The van der Waals surface area contributed by atoms with E-state index in [9.17, 15) is 9.59 Å². The monoisotopic (exact) mass is 201 g/mol. The zero-order valence-corrected chi connectivity index (χ0v) is 8.19. The predicted molar refractivity (Wildman–Crippen MR) is 60.0 cm³/mol. The van der Waals surface area contributed by atoms with Gasteiger partial charge >= 0.3 is 0 Å². The van der Waals surface area contributed by atoms with Crippen molar-refractivity contribution in [3.8, 4) is 0 Å². The molecule has 0 saturated heterocycles. The fourth-order valence-electron chi connectivity index (χ4n) is 1.43. The Hall–Kier alpha value is -1.90. The maximum Gasteiger partial charge on any atom is 0.248 e. The van der Waals surface area contributed by atoms with E-state index in [4.69, 9.17) is 0 Å². The zero-order chi connectivity index (χ0) is 10.7. The summed E-state index contributed by atoms with van der Waals surface area (Å²) in [6.07, 6.45) is 0.847. The van der Waals surface area contributed by atoms with Crippen LogP contribution in [0.2, 0.25) is 0 Å². The molecule has 0 saturated carbocycles. The van der Waals surface area contributed by atoms with Gasteiger partial charge in [0.15, 0.2) is 0 Å². The minimum absolute atomic E-state index is 0.400. The highest BCUT2D eigenvalue weighted by Gasteiger charge is 2.07. The molecule has 2 aromatic rings. The molecule has 0 radical (unpaired) electrons. The Bertz CT molecular complexity index is 510. The number of anilines is 1. The van der Waals surface area contributed by atoms with Gasteiger partial charge in [-0.15, -0.1) is 0 Å².